The number of thiazole rings is 1. The van der Waals surface area contributed by atoms with Crippen LogP contribution in [-0.4, -0.2) is 43.9 Å². The SMILES string of the molecule is CCOc1cc(/C=c2\sc3n(c2=O)[C@@H](c2ccccc2)C(C(=O)OC)=C(CC)N=3)cc(I)c1OCC(=O)OC. The summed E-state index contributed by atoms with van der Waals surface area (Å²) >= 11 is 3.35. The summed E-state index contributed by atoms with van der Waals surface area (Å²) < 4.78 is 23.9. The Balaban J connectivity index is 1.88. The van der Waals surface area contributed by atoms with E-state index in [1.807, 2.05) is 50.2 Å². The Bertz CT molecular complexity index is 1610. The number of nitrogens with zero attached hydrogens (tertiary/aromatic N) is 2. The number of hydrogen-bond acceptors (Lipinski definition) is 9. The number of carbonyl (C=O) groups is 2. The quantitative estimate of drug-likeness (QED) is 0.256. The first-order valence-corrected chi connectivity index (χ1v) is 14.1. The van der Waals surface area contributed by atoms with E-state index in [1.165, 1.54) is 25.6 Å². The Morgan fingerprint density at radius 1 is 1.10 bits per heavy atom. The summed E-state index contributed by atoms with van der Waals surface area (Å²) in [5.41, 5.74) is 2.15. The molecule has 0 N–H and O–H groups in total. The van der Waals surface area contributed by atoms with Crippen LogP contribution >= 0.6 is 33.9 Å². The topological polar surface area (TPSA) is 105 Å². The zero-order chi connectivity index (χ0) is 28.1. The van der Waals surface area contributed by atoms with Crippen molar-refractivity contribution in [3.05, 3.63) is 88.1 Å². The summed E-state index contributed by atoms with van der Waals surface area (Å²) in [7, 11) is 2.62. The van der Waals surface area contributed by atoms with Gasteiger partial charge in [0.15, 0.2) is 22.9 Å². The molecule has 0 fully saturated rings. The minimum absolute atomic E-state index is 0.258. The minimum atomic E-state index is -0.666. The Hall–Kier alpha value is -3.45. The van der Waals surface area contributed by atoms with Gasteiger partial charge in [0.25, 0.3) is 5.56 Å². The number of rotatable bonds is 9. The van der Waals surface area contributed by atoms with Gasteiger partial charge in [0, 0.05) is 0 Å². The van der Waals surface area contributed by atoms with Gasteiger partial charge in [0.05, 0.1) is 46.2 Å². The molecular formula is C28H27IN2O7S. The van der Waals surface area contributed by atoms with Crippen LogP contribution in [-0.2, 0) is 19.1 Å². The van der Waals surface area contributed by atoms with Crippen molar-refractivity contribution in [2.24, 2.45) is 4.99 Å². The van der Waals surface area contributed by atoms with Crippen molar-refractivity contribution in [3.8, 4) is 11.5 Å². The van der Waals surface area contributed by atoms with Crippen LogP contribution in [0, 0.1) is 3.57 Å². The van der Waals surface area contributed by atoms with Crippen molar-refractivity contribution >= 4 is 51.9 Å². The van der Waals surface area contributed by atoms with Gasteiger partial charge in [-0.05, 0) is 65.3 Å². The maximum Gasteiger partial charge on any atom is 0.343 e. The predicted octanol–water partition coefficient (Wildman–Crippen LogP) is 3.35. The second-order valence-electron chi connectivity index (χ2n) is 8.33. The molecule has 0 spiro atoms. The van der Waals surface area contributed by atoms with Crippen LogP contribution in [0.3, 0.4) is 0 Å². The predicted molar refractivity (Wildman–Crippen MR) is 155 cm³/mol. The third-order valence-corrected chi connectivity index (χ3v) is 7.74. The first-order valence-electron chi connectivity index (χ1n) is 12.2. The van der Waals surface area contributed by atoms with Crippen LogP contribution < -0.4 is 24.4 Å². The van der Waals surface area contributed by atoms with Gasteiger partial charge >= 0.3 is 11.9 Å². The van der Waals surface area contributed by atoms with E-state index in [4.69, 9.17) is 19.2 Å². The molecule has 1 aromatic heterocycles. The molecule has 0 amide bonds. The van der Waals surface area contributed by atoms with Crippen LogP contribution in [0.25, 0.3) is 6.08 Å². The smallest absolute Gasteiger partial charge is 0.343 e. The Kier molecular flexibility index (Phi) is 9.23. The number of benzene rings is 2. The average Bonchev–Trinajstić information content (AvgIpc) is 3.25. The lowest BCUT2D eigenvalue weighted by atomic mass is 9.95. The maximum atomic E-state index is 13.8. The summed E-state index contributed by atoms with van der Waals surface area (Å²) in [4.78, 5) is 43.5. The number of allylic oxidation sites excluding steroid dienone is 1. The second-order valence-corrected chi connectivity index (χ2v) is 10.5. The third-order valence-electron chi connectivity index (χ3n) is 5.96. The van der Waals surface area contributed by atoms with E-state index in [0.29, 0.717) is 54.3 Å². The zero-order valence-electron chi connectivity index (χ0n) is 21.9. The molecule has 2 aromatic carbocycles. The molecule has 1 aliphatic heterocycles. The van der Waals surface area contributed by atoms with Gasteiger partial charge in [0.1, 0.15) is 0 Å². The number of halogens is 1. The van der Waals surface area contributed by atoms with Crippen molar-refractivity contribution in [1.82, 2.24) is 4.57 Å². The van der Waals surface area contributed by atoms with Crippen molar-refractivity contribution in [3.63, 3.8) is 0 Å². The zero-order valence-corrected chi connectivity index (χ0v) is 24.8. The highest BCUT2D eigenvalue weighted by Gasteiger charge is 2.33. The van der Waals surface area contributed by atoms with Gasteiger partial charge < -0.3 is 18.9 Å². The summed E-state index contributed by atoms with van der Waals surface area (Å²) in [6.07, 6.45) is 2.26. The minimum Gasteiger partial charge on any atom is -0.490 e. The number of esters is 2. The van der Waals surface area contributed by atoms with Gasteiger partial charge in [-0.15, -0.1) is 0 Å². The summed E-state index contributed by atoms with van der Waals surface area (Å²) in [6.45, 7) is 3.88. The third kappa shape index (κ3) is 5.93. The van der Waals surface area contributed by atoms with E-state index in [1.54, 1.807) is 16.7 Å². The Labute approximate surface area is 242 Å². The molecule has 3 aromatic rings. The maximum absolute atomic E-state index is 13.8. The molecule has 11 heteroatoms. The lowest BCUT2D eigenvalue weighted by molar-refractivity contribution is -0.143. The van der Waals surface area contributed by atoms with Gasteiger partial charge in [-0.3, -0.25) is 9.36 Å². The lowest BCUT2D eigenvalue weighted by Gasteiger charge is -2.25. The van der Waals surface area contributed by atoms with Crippen molar-refractivity contribution in [2.45, 2.75) is 26.3 Å². The fourth-order valence-electron chi connectivity index (χ4n) is 4.23. The van der Waals surface area contributed by atoms with Gasteiger partial charge in [0.2, 0.25) is 0 Å². The highest BCUT2D eigenvalue weighted by Crippen LogP contribution is 2.35. The average molecular weight is 663 g/mol. The standard InChI is InChI=1S/C28H27IN2O7S/c1-5-19-23(27(34)36-4)24(17-10-8-7-9-11-17)31-26(33)21(39-28(31)30-19)14-16-12-18(29)25(20(13-16)37-6-2)38-15-22(32)35-3/h7-14,24H,5-6,15H2,1-4H3/b21-14-/t24-/m0/s1. The molecule has 39 heavy (non-hydrogen) atoms. The van der Waals surface area contributed by atoms with Crippen LogP contribution in [0.15, 0.2) is 63.5 Å². The number of ether oxygens (including phenoxy) is 4. The van der Waals surface area contributed by atoms with E-state index in [-0.39, 0.29) is 12.2 Å². The highest BCUT2D eigenvalue weighted by atomic mass is 127. The van der Waals surface area contributed by atoms with Crippen LogP contribution in [0.5, 0.6) is 11.5 Å². The number of methoxy groups -OCH3 is 2. The van der Waals surface area contributed by atoms with Gasteiger partial charge in [-0.25, -0.2) is 14.6 Å². The molecule has 0 saturated heterocycles. The van der Waals surface area contributed by atoms with E-state index in [2.05, 4.69) is 27.3 Å². The van der Waals surface area contributed by atoms with Crippen LogP contribution in [0.1, 0.15) is 37.4 Å². The second kappa shape index (κ2) is 12.6. The van der Waals surface area contributed by atoms with Crippen molar-refractivity contribution in [2.75, 3.05) is 27.4 Å². The van der Waals surface area contributed by atoms with Crippen LogP contribution in [0.4, 0.5) is 0 Å². The number of aromatic nitrogens is 1. The summed E-state index contributed by atoms with van der Waals surface area (Å²) in [5, 5.41) is 0. The summed E-state index contributed by atoms with van der Waals surface area (Å²) in [5.74, 6) is -0.169. The van der Waals surface area contributed by atoms with E-state index >= 15 is 0 Å². The molecule has 0 saturated carbocycles. The van der Waals surface area contributed by atoms with E-state index < -0.39 is 18.0 Å². The number of fused-ring (bicyclic) bond motifs is 1. The molecule has 2 heterocycles. The van der Waals surface area contributed by atoms with Gasteiger partial charge in [-0.1, -0.05) is 48.6 Å². The molecule has 0 unspecified atom stereocenters. The fourth-order valence-corrected chi connectivity index (χ4v) is 6.03. The van der Waals surface area contributed by atoms with Crippen molar-refractivity contribution in [1.29, 1.82) is 0 Å². The monoisotopic (exact) mass is 662 g/mol. The van der Waals surface area contributed by atoms with E-state index in [0.717, 1.165) is 5.56 Å². The molecular weight excluding hydrogens is 635 g/mol. The van der Waals surface area contributed by atoms with Crippen molar-refractivity contribution < 1.29 is 28.5 Å². The molecule has 9 nitrogen and oxygen atoms in total. The largest absolute Gasteiger partial charge is 0.490 e. The first-order chi connectivity index (χ1) is 18.8. The first kappa shape index (κ1) is 28.6. The number of carbonyl (C=O) groups excluding carboxylic acids is 2. The normalized spacial score (nSPS) is 14.9. The molecule has 204 valence electrons. The Morgan fingerprint density at radius 3 is 2.49 bits per heavy atom. The van der Waals surface area contributed by atoms with E-state index in [9.17, 15) is 14.4 Å². The molecule has 1 aliphatic rings. The lowest BCUT2D eigenvalue weighted by Crippen LogP contribution is -2.40. The fraction of sp³-hybridized carbons (Fsp3) is 0.286. The molecule has 0 bridgehead atoms. The molecule has 1 atom stereocenters. The highest BCUT2D eigenvalue weighted by molar-refractivity contribution is 14.1. The Morgan fingerprint density at radius 2 is 1.85 bits per heavy atom. The molecule has 0 aliphatic carbocycles. The summed E-state index contributed by atoms with van der Waals surface area (Å²) in [6, 6.07) is 12.3. The van der Waals surface area contributed by atoms with Crippen LogP contribution in [0.2, 0.25) is 0 Å². The molecule has 4 rings (SSSR count). The van der Waals surface area contributed by atoms with Gasteiger partial charge in [-0.2, -0.15) is 0 Å². The molecule has 0 radical (unpaired) electrons. The number of hydrogen-bond donors (Lipinski definition) is 0.